The molecule has 0 saturated heterocycles. The first-order valence-electron chi connectivity index (χ1n) is 6.59. The molecule has 0 aliphatic carbocycles. The Labute approximate surface area is 119 Å². The highest BCUT2D eigenvalue weighted by Crippen LogP contribution is 2.17. The summed E-state index contributed by atoms with van der Waals surface area (Å²) in [5.41, 5.74) is 3.16. The third-order valence-electron chi connectivity index (χ3n) is 3.15. The SMILES string of the molecule is C=CCc1nc(C=O)n(CC=C)c1Cc1ccccc1. The lowest BCUT2D eigenvalue weighted by atomic mass is 10.1. The van der Waals surface area contributed by atoms with Gasteiger partial charge < -0.3 is 4.57 Å². The van der Waals surface area contributed by atoms with Crippen LogP contribution in [0.25, 0.3) is 0 Å². The summed E-state index contributed by atoms with van der Waals surface area (Å²) in [6, 6.07) is 10.2. The van der Waals surface area contributed by atoms with Gasteiger partial charge in [-0.05, 0) is 5.56 Å². The minimum absolute atomic E-state index is 0.452. The van der Waals surface area contributed by atoms with E-state index in [0.717, 1.165) is 24.1 Å². The zero-order chi connectivity index (χ0) is 14.4. The average molecular weight is 266 g/mol. The summed E-state index contributed by atoms with van der Waals surface area (Å²) in [6.07, 6.45) is 5.79. The van der Waals surface area contributed by atoms with Gasteiger partial charge in [-0.25, -0.2) is 4.98 Å². The molecule has 0 N–H and O–H groups in total. The Hall–Kier alpha value is -2.42. The first-order chi connectivity index (χ1) is 9.80. The molecule has 0 spiro atoms. The van der Waals surface area contributed by atoms with Crippen LogP contribution in [0.5, 0.6) is 0 Å². The van der Waals surface area contributed by atoms with Crippen LogP contribution < -0.4 is 0 Å². The maximum Gasteiger partial charge on any atom is 0.185 e. The highest BCUT2D eigenvalue weighted by molar-refractivity contribution is 5.70. The Balaban J connectivity index is 2.46. The molecular weight excluding hydrogens is 248 g/mol. The second kappa shape index (κ2) is 6.66. The lowest BCUT2D eigenvalue weighted by Crippen LogP contribution is -2.07. The largest absolute Gasteiger partial charge is 0.321 e. The Morgan fingerprint density at radius 3 is 2.50 bits per heavy atom. The number of rotatable bonds is 7. The van der Waals surface area contributed by atoms with Crippen molar-refractivity contribution < 1.29 is 4.79 Å². The first-order valence-corrected chi connectivity index (χ1v) is 6.59. The molecule has 2 rings (SSSR count). The van der Waals surface area contributed by atoms with Gasteiger partial charge in [-0.3, -0.25) is 4.79 Å². The van der Waals surface area contributed by atoms with Crippen LogP contribution in [0, 0.1) is 0 Å². The first kappa shape index (κ1) is 14.0. The number of allylic oxidation sites excluding steroid dienone is 2. The van der Waals surface area contributed by atoms with Gasteiger partial charge in [0.1, 0.15) is 0 Å². The van der Waals surface area contributed by atoms with Crippen molar-refractivity contribution in [2.75, 3.05) is 0 Å². The third kappa shape index (κ3) is 2.94. The Morgan fingerprint density at radius 2 is 1.90 bits per heavy atom. The van der Waals surface area contributed by atoms with Gasteiger partial charge in [0, 0.05) is 25.1 Å². The van der Waals surface area contributed by atoms with Crippen LogP contribution in [0.15, 0.2) is 55.6 Å². The quantitative estimate of drug-likeness (QED) is 0.570. The van der Waals surface area contributed by atoms with Crippen LogP contribution in [-0.4, -0.2) is 15.8 Å². The molecule has 1 heterocycles. The molecule has 0 bridgehead atoms. The molecule has 0 unspecified atom stereocenters. The number of imidazole rings is 1. The molecule has 1 aromatic carbocycles. The van der Waals surface area contributed by atoms with Gasteiger partial charge in [0.05, 0.1) is 5.69 Å². The zero-order valence-corrected chi connectivity index (χ0v) is 11.5. The van der Waals surface area contributed by atoms with Gasteiger partial charge in [0.15, 0.2) is 12.1 Å². The summed E-state index contributed by atoms with van der Waals surface area (Å²) in [6.45, 7) is 8.09. The molecule has 3 nitrogen and oxygen atoms in total. The number of carbonyl (C=O) groups is 1. The maximum absolute atomic E-state index is 11.2. The second-order valence-electron chi connectivity index (χ2n) is 4.54. The smallest absolute Gasteiger partial charge is 0.185 e. The molecule has 0 radical (unpaired) electrons. The Morgan fingerprint density at radius 1 is 1.15 bits per heavy atom. The van der Waals surface area contributed by atoms with Crippen molar-refractivity contribution in [1.29, 1.82) is 0 Å². The van der Waals surface area contributed by atoms with Gasteiger partial charge in [-0.15, -0.1) is 13.2 Å². The van der Waals surface area contributed by atoms with E-state index in [9.17, 15) is 4.79 Å². The van der Waals surface area contributed by atoms with Gasteiger partial charge in [0.2, 0.25) is 0 Å². The Bertz CT molecular complexity index is 611. The van der Waals surface area contributed by atoms with Gasteiger partial charge >= 0.3 is 0 Å². The van der Waals surface area contributed by atoms with E-state index in [-0.39, 0.29) is 0 Å². The number of nitrogens with zero attached hydrogens (tertiary/aromatic N) is 2. The summed E-state index contributed by atoms with van der Waals surface area (Å²) >= 11 is 0. The summed E-state index contributed by atoms with van der Waals surface area (Å²) in [4.78, 5) is 15.6. The number of aldehydes is 1. The molecule has 0 aliphatic heterocycles. The summed E-state index contributed by atoms with van der Waals surface area (Å²) in [5.74, 6) is 0.452. The van der Waals surface area contributed by atoms with Crippen LogP contribution in [0.1, 0.15) is 27.6 Å². The van der Waals surface area contributed by atoms with Crippen molar-refractivity contribution >= 4 is 6.29 Å². The molecule has 1 aromatic heterocycles. The van der Waals surface area contributed by atoms with E-state index in [4.69, 9.17) is 0 Å². The van der Waals surface area contributed by atoms with E-state index < -0.39 is 0 Å². The number of hydrogen-bond acceptors (Lipinski definition) is 2. The van der Waals surface area contributed by atoms with Gasteiger partial charge in [-0.2, -0.15) is 0 Å². The fourth-order valence-electron chi connectivity index (χ4n) is 2.27. The molecule has 3 heteroatoms. The lowest BCUT2D eigenvalue weighted by molar-refractivity contribution is 0.111. The minimum Gasteiger partial charge on any atom is -0.321 e. The molecule has 2 aromatic rings. The van der Waals surface area contributed by atoms with Crippen molar-refractivity contribution in [2.45, 2.75) is 19.4 Å². The topological polar surface area (TPSA) is 34.9 Å². The van der Waals surface area contributed by atoms with Crippen molar-refractivity contribution in [3.8, 4) is 0 Å². The second-order valence-corrected chi connectivity index (χ2v) is 4.54. The van der Waals surface area contributed by atoms with Crippen molar-refractivity contribution in [2.24, 2.45) is 0 Å². The average Bonchev–Trinajstić information content (AvgIpc) is 2.79. The zero-order valence-electron chi connectivity index (χ0n) is 11.5. The highest BCUT2D eigenvalue weighted by Gasteiger charge is 2.15. The van der Waals surface area contributed by atoms with Crippen LogP contribution in [0.3, 0.4) is 0 Å². The van der Waals surface area contributed by atoms with Crippen LogP contribution in [0.2, 0.25) is 0 Å². The van der Waals surface area contributed by atoms with Gasteiger partial charge in [-0.1, -0.05) is 42.5 Å². The van der Waals surface area contributed by atoms with E-state index in [1.54, 1.807) is 6.08 Å². The number of aromatic nitrogens is 2. The lowest BCUT2D eigenvalue weighted by Gasteiger charge is -2.09. The Kier molecular flexibility index (Phi) is 4.66. The fraction of sp³-hybridized carbons (Fsp3) is 0.176. The predicted molar refractivity (Wildman–Crippen MR) is 81.0 cm³/mol. The summed E-state index contributed by atoms with van der Waals surface area (Å²) in [5, 5.41) is 0. The summed E-state index contributed by atoms with van der Waals surface area (Å²) < 4.78 is 1.92. The molecular formula is C17H18N2O. The standard InChI is InChI=1S/C17H18N2O/c1-3-8-15-16(12-14-9-6-5-7-10-14)19(11-4-2)17(13-20)18-15/h3-7,9-10,13H,1-2,8,11-12H2. The van der Waals surface area contributed by atoms with E-state index >= 15 is 0 Å². The van der Waals surface area contributed by atoms with Crippen molar-refractivity contribution in [3.05, 3.63) is 78.4 Å². The van der Waals surface area contributed by atoms with Crippen molar-refractivity contribution in [3.63, 3.8) is 0 Å². The predicted octanol–water partition coefficient (Wildman–Crippen LogP) is 3.20. The minimum atomic E-state index is 0.452. The monoisotopic (exact) mass is 266 g/mol. The van der Waals surface area contributed by atoms with E-state index in [1.807, 2.05) is 28.8 Å². The molecule has 0 atom stereocenters. The van der Waals surface area contributed by atoms with Crippen LogP contribution >= 0.6 is 0 Å². The molecule has 0 amide bonds. The normalized spacial score (nSPS) is 10.2. The van der Waals surface area contributed by atoms with E-state index in [2.05, 4.69) is 30.3 Å². The molecule has 0 aliphatic rings. The molecule has 0 saturated carbocycles. The molecule has 102 valence electrons. The van der Waals surface area contributed by atoms with Crippen LogP contribution in [-0.2, 0) is 19.4 Å². The number of hydrogen-bond donors (Lipinski definition) is 0. The molecule has 20 heavy (non-hydrogen) atoms. The van der Waals surface area contributed by atoms with Gasteiger partial charge in [0.25, 0.3) is 0 Å². The summed E-state index contributed by atoms with van der Waals surface area (Å²) in [7, 11) is 0. The van der Waals surface area contributed by atoms with Crippen LogP contribution in [0.4, 0.5) is 0 Å². The maximum atomic E-state index is 11.2. The third-order valence-corrected chi connectivity index (χ3v) is 3.15. The molecule has 0 fully saturated rings. The fourth-order valence-corrected chi connectivity index (χ4v) is 2.27. The number of carbonyl (C=O) groups excluding carboxylic acids is 1. The van der Waals surface area contributed by atoms with E-state index in [1.165, 1.54) is 5.56 Å². The highest BCUT2D eigenvalue weighted by atomic mass is 16.1. The number of benzene rings is 1. The van der Waals surface area contributed by atoms with E-state index in [0.29, 0.717) is 18.8 Å². The van der Waals surface area contributed by atoms with Crippen molar-refractivity contribution in [1.82, 2.24) is 9.55 Å².